The van der Waals surface area contributed by atoms with Crippen molar-refractivity contribution in [2.24, 2.45) is 0 Å². The van der Waals surface area contributed by atoms with Crippen LogP contribution in [-0.2, 0) is 4.74 Å². The minimum atomic E-state index is -0.0398. The molecule has 2 rings (SSSR count). The molecule has 16 heavy (non-hydrogen) atoms. The maximum Gasteiger partial charge on any atom is 0.146 e. The van der Waals surface area contributed by atoms with Crippen molar-refractivity contribution in [1.82, 2.24) is 9.97 Å². The molecule has 0 aliphatic carbocycles. The molecule has 0 spiro atoms. The number of rotatable bonds is 3. The van der Waals surface area contributed by atoms with Gasteiger partial charge >= 0.3 is 0 Å². The Bertz CT molecular complexity index is 379. The fourth-order valence-corrected chi connectivity index (χ4v) is 2.18. The molecule has 1 aromatic heterocycles. The van der Waals surface area contributed by atoms with Crippen LogP contribution in [0.25, 0.3) is 0 Å². The molecule has 0 amide bonds. The highest BCUT2D eigenvalue weighted by molar-refractivity contribution is 9.10. The van der Waals surface area contributed by atoms with E-state index in [-0.39, 0.29) is 5.54 Å². The highest BCUT2D eigenvalue weighted by atomic mass is 79.9. The smallest absolute Gasteiger partial charge is 0.146 e. The van der Waals surface area contributed by atoms with Gasteiger partial charge in [0.1, 0.15) is 22.4 Å². The molecule has 2 N–H and O–H groups in total. The van der Waals surface area contributed by atoms with Gasteiger partial charge in [0.2, 0.25) is 0 Å². The Kier molecular flexibility index (Phi) is 3.30. The molecule has 1 saturated heterocycles. The molecule has 1 aliphatic rings. The SMILES string of the molecule is CNc1ncnc(NC2(C)CCOC2)c1Br. The minimum Gasteiger partial charge on any atom is -0.379 e. The van der Waals surface area contributed by atoms with E-state index in [1.807, 2.05) is 7.05 Å². The Morgan fingerprint density at radius 3 is 2.81 bits per heavy atom. The standard InChI is InChI=1S/C10H15BrN4O/c1-10(3-4-16-5-10)15-9-7(11)8(12-2)13-6-14-9/h6H,3-5H2,1-2H3,(H2,12,13,14,15). The average molecular weight is 287 g/mol. The first-order valence-corrected chi connectivity index (χ1v) is 5.98. The summed E-state index contributed by atoms with van der Waals surface area (Å²) in [7, 11) is 1.83. The predicted molar refractivity (Wildman–Crippen MR) is 66.7 cm³/mol. The quantitative estimate of drug-likeness (QED) is 0.888. The van der Waals surface area contributed by atoms with Gasteiger partial charge in [0.05, 0.1) is 12.1 Å². The third kappa shape index (κ3) is 2.27. The largest absolute Gasteiger partial charge is 0.379 e. The molecule has 1 fully saturated rings. The number of nitrogens with zero attached hydrogens (tertiary/aromatic N) is 2. The third-order valence-electron chi connectivity index (χ3n) is 2.67. The molecule has 1 aromatic rings. The zero-order valence-corrected chi connectivity index (χ0v) is 11.0. The van der Waals surface area contributed by atoms with Crippen LogP contribution in [0.4, 0.5) is 11.6 Å². The first kappa shape index (κ1) is 11.6. The molecule has 0 bridgehead atoms. The van der Waals surface area contributed by atoms with Crippen molar-refractivity contribution >= 4 is 27.6 Å². The van der Waals surface area contributed by atoms with Crippen LogP contribution < -0.4 is 10.6 Å². The lowest BCUT2D eigenvalue weighted by Gasteiger charge is -2.25. The Hall–Kier alpha value is -0.880. The third-order valence-corrected chi connectivity index (χ3v) is 3.42. The van der Waals surface area contributed by atoms with Crippen molar-refractivity contribution in [3.05, 3.63) is 10.8 Å². The van der Waals surface area contributed by atoms with Gasteiger partial charge in [-0.25, -0.2) is 9.97 Å². The molecular formula is C10H15BrN4O. The first-order chi connectivity index (χ1) is 7.64. The second kappa shape index (κ2) is 4.55. The van der Waals surface area contributed by atoms with Gasteiger partial charge in [-0.05, 0) is 29.3 Å². The lowest BCUT2D eigenvalue weighted by molar-refractivity contribution is 0.185. The van der Waals surface area contributed by atoms with Crippen molar-refractivity contribution in [2.45, 2.75) is 18.9 Å². The molecule has 0 radical (unpaired) electrons. The van der Waals surface area contributed by atoms with Gasteiger partial charge in [-0.1, -0.05) is 0 Å². The van der Waals surface area contributed by atoms with Gasteiger partial charge < -0.3 is 15.4 Å². The summed E-state index contributed by atoms with van der Waals surface area (Å²) in [5, 5.41) is 6.40. The van der Waals surface area contributed by atoms with E-state index in [0.717, 1.165) is 29.1 Å². The zero-order valence-electron chi connectivity index (χ0n) is 9.38. The van der Waals surface area contributed by atoms with E-state index in [1.54, 1.807) is 0 Å². The van der Waals surface area contributed by atoms with Crippen molar-refractivity contribution in [3.63, 3.8) is 0 Å². The monoisotopic (exact) mass is 286 g/mol. The summed E-state index contributed by atoms with van der Waals surface area (Å²) < 4.78 is 6.24. The summed E-state index contributed by atoms with van der Waals surface area (Å²) in [6, 6.07) is 0. The van der Waals surface area contributed by atoms with Crippen LogP contribution in [0.2, 0.25) is 0 Å². The van der Waals surface area contributed by atoms with Crippen LogP contribution in [-0.4, -0.2) is 35.8 Å². The molecule has 0 saturated carbocycles. The summed E-state index contributed by atoms with van der Waals surface area (Å²) in [6.45, 7) is 3.64. The zero-order chi connectivity index (χ0) is 11.6. The number of nitrogens with one attached hydrogen (secondary N) is 2. The molecule has 1 aliphatic heterocycles. The Labute approximate surface area is 103 Å². The summed E-state index contributed by atoms with van der Waals surface area (Å²) >= 11 is 3.48. The van der Waals surface area contributed by atoms with E-state index in [1.165, 1.54) is 6.33 Å². The molecule has 1 unspecified atom stereocenters. The van der Waals surface area contributed by atoms with Gasteiger partial charge in [0.25, 0.3) is 0 Å². The summed E-state index contributed by atoms with van der Waals surface area (Å²) in [5.41, 5.74) is -0.0398. The summed E-state index contributed by atoms with van der Waals surface area (Å²) in [5.74, 6) is 1.58. The molecule has 0 aromatic carbocycles. The van der Waals surface area contributed by atoms with Gasteiger partial charge in [-0.3, -0.25) is 0 Å². The maximum absolute atomic E-state index is 5.39. The predicted octanol–water partition coefficient (Wildman–Crippen LogP) is 1.87. The van der Waals surface area contributed by atoms with Crippen molar-refractivity contribution in [3.8, 4) is 0 Å². The van der Waals surface area contributed by atoms with E-state index >= 15 is 0 Å². The minimum absolute atomic E-state index is 0.0398. The number of hydrogen-bond donors (Lipinski definition) is 2. The molecule has 1 atom stereocenters. The number of aromatic nitrogens is 2. The van der Waals surface area contributed by atoms with Gasteiger partial charge in [0, 0.05) is 13.7 Å². The van der Waals surface area contributed by atoms with Crippen LogP contribution in [0.15, 0.2) is 10.8 Å². The van der Waals surface area contributed by atoms with E-state index < -0.39 is 0 Å². The van der Waals surface area contributed by atoms with Gasteiger partial charge in [0.15, 0.2) is 0 Å². The van der Waals surface area contributed by atoms with Crippen LogP contribution in [0.3, 0.4) is 0 Å². The lowest BCUT2D eigenvalue weighted by atomic mass is 10.0. The normalized spacial score (nSPS) is 24.4. The van der Waals surface area contributed by atoms with Crippen LogP contribution in [0.5, 0.6) is 0 Å². The average Bonchev–Trinajstić information content (AvgIpc) is 2.68. The molecule has 2 heterocycles. The maximum atomic E-state index is 5.39. The molecule has 6 heteroatoms. The summed E-state index contributed by atoms with van der Waals surface area (Å²) in [6.07, 6.45) is 2.52. The van der Waals surface area contributed by atoms with Crippen LogP contribution >= 0.6 is 15.9 Å². The Morgan fingerprint density at radius 1 is 1.44 bits per heavy atom. The lowest BCUT2D eigenvalue weighted by Crippen LogP contribution is -2.35. The topological polar surface area (TPSA) is 59.1 Å². The molecular weight excluding hydrogens is 272 g/mol. The fourth-order valence-electron chi connectivity index (χ4n) is 1.68. The van der Waals surface area contributed by atoms with E-state index in [2.05, 4.69) is 43.5 Å². The fraction of sp³-hybridized carbons (Fsp3) is 0.600. The van der Waals surface area contributed by atoms with E-state index in [0.29, 0.717) is 6.61 Å². The number of ether oxygens (including phenoxy) is 1. The molecule has 88 valence electrons. The van der Waals surface area contributed by atoms with Gasteiger partial charge in [-0.15, -0.1) is 0 Å². The highest BCUT2D eigenvalue weighted by Gasteiger charge is 2.30. The van der Waals surface area contributed by atoms with Gasteiger partial charge in [-0.2, -0.15) is 0 Å². The van der Waals surface area contributed by atoms with Crippen molar-refractivity contribution in [1.29, 1.82) is 0 Å². The first-order valence-electron chi connectivity index (χ1n) is 5.19. The highest BCUT2D eigenvalue weighted by Crippen LogP contribution is 2.30. The number of hydrogen-bond acceptors (Lipinski definition) is 5. The van der Waals surface area contributed by atoms with E-state index in [4.69, 9.17) is 4.74 Å². The Morgan fingerprint density at radius 2 is 2.19 bits per heavy atom. The van der Waals surface area contributed by atoms with Crippen molar-refractivity contribution in [2.75, 3.05) is 30.9 Å². The van der Waals surface area contributed by atoms with E-state index in [9.17, 15) is 0 Å². The van der Waals surface area contributed by atoms with Crippen LogP contribution in [0, 0.1) is 0 Å². The second-order valence-electron chi connectivity index (χ2n) is 4.12. The second-order valence-corrected chi connectivity index (χ2v) is 4.92. The van der Waals surface area contributed by atoms with Crippen molar-refractivity contribution < 1.29 is 4.74 Å². The summed E-state index contributed by atoms with van der Waals surface area (Å²) in [4.78, 5) is 8.35. The number of halogens is 1. The Balaban J connectivity index is 2.21. The number of anilines is 2. The molecule has 5 nitrogen and oxygen atoms in total. The van der Waals surface area contributed by atoms with Crippen LogP contribution in [0.1, 0.15) is 13.3 Å².